The quantitative estimate of drug-likeness (QED) is 0.628. The van der Waals surface area contributed by atoms with E-state index >= 15 is 0 Å². The van der Waals surface area contributed by atoms with Gasteiger partial charge in [0.1, 0.15) is 23.1 Å². The normalized spacial score (nSPS) is 10.4. The second-order valence-corrected chi connectivity index (χ2v) is 6.12. The van der Waals surface area contributed by atoms with Gasteiger partial charge in [0.15, 0.2) is 0 Å². The van der Waals surface area contributed by atoms with Crippen molar-refractivity contribution in [2.75, 3.05) is 19.0 Å². The average Bonchev–Trinajstić information content (AvgIpc) is 2.74. The van der Waals surface area contributed by atoms with Gasteiger partial charge in [0.05, 0.1) is 19.5 Å². The Morgan fingerprint density at radius 1 is 1.00 bits per heavy atom. The smallest absolute Gasteiger partial charge is 0.271 e. The molecule has 28 heavy (non-hydrogen) atoms. The molecule has 0 unspecified atom stereocenters. The molecule has 144 valence electrons. The molecule has 2 aromatic carbocycles. The number of amides is 1. The van der Waals surface area contributed by atoms with Crippen LogP contribution >= 0.6 is 0 Å². The minimum Gasteiger partial charge on any atom is -0.497 e. The van der Waals surface area contributed by atoms with Crippen LogP contribution < -0.4 is 15.4 Å². The van der Waals surface area contributed by atoms with E-state index in [0.717, 1.165) is 17.7 Å². The molecule has 0 aliphatic rings. The van der Waals surface area contributed by atoms with E-state index in [1.165, 1.54) is 30.1 Å². The predicted octanol–water partition coefficient (Wildman–Crippen LogP) is 3.21. The van der Waals surface area contributed by atoms with Crippen LogP contribution in [0.1, 0.15) is 21.6 Å². The van der Waals surface area contributed by atoms with Crippen molar-refractivity contribution in [3.63, 3.8) is 0 Å². The summed E-state index contributed by atoms with van der Waals surface area (Å²) in [5, 5.41) is 5.91. The number of rotatable bonds is 8. The molecule has 1 heterocycles. The number of nitrogens with zero attached hydrogens (tertiary/aromatic N) is 2. The largest absolute Gasteiger partial charge is 0.497 e. The highest BCUT2D eigenvalue weighted by atomic mass is 19.1. The standard InChI is InChI=1S/C21H21FN4O2/c1-28-18-8-4-15(5-9-18)10-11-23-20-14-24-19(13-25-20)21(27)26-12-16-2-6-17(22)7-3-16/h2-9,13-14H,10-12H2,1H3,(H,23,25)(H,26,27). The minimum absolute atomic E-state index is 0.225. The van der Waals surface area contributed by atoms with Crippen molar-refractivity contribution in [1.29, 1.82) is 0 Å². The van der Waals surface area contributed by atoms with Crippen molar-refractivity contribution in [3.8, 4) is 5.75 Å². The summed E-state index contributed by atoms with van der Waals surface area (Å²) in [6.07, 6.45) is 3.78. The molecule has 0 bridgehead atoms. The Labute approximate surface area is 162 Å². The van der Waals surface area contributed by atoms with Crippen molar-refractivity contribution in [2.24, 2.45) is 0 Å². The summed E-state index contributed by atoms with van der Waals surface area (Å²) in [6, 6.07) is 13.8. The number of carbonyl (C=O) groups excluding carboxylic acids is 1. The van der Waals surface area contributed by atoms with Gasteiger partial charge in [-0.1, -0.05) is 24.3 Å². The zero-order valence-corrected chi connectivity index (χ0v) is 15.5. The molecule has 3 aromatic rings. The van der Waals surface area contributed by atoms with Gasteiger partial charge in [0.2, 0.25) is 0 Å². The van der Waals surface area contributed by atoms with Crippen LogP contribution in [0.25, 0.3) is 0 Å². The van der Waals surface area contributed by atoms with Crippen LogP contribution in [-0.4, -0.2) is 29.5 Å². The van der Waals surface area contributed by atoms with E-state index in [2.05, 4.69) is 20.6 Å². The highest BCUT2D eigenvalue weighted by Gasteiger charge is 2.08. The van der Waals surface area contributed by atoms with Crippen LogP contribution in [0.15, 0.2) is 60.9 Å². The van der Waals surface area contributed by atoms with Gasteiger partial charge in [0, 0.05) is 13.1 Å². The molecule has 0 aliphatic carbocycles. The van der Waals surface area contributed by atoms with Crippen molar-refractivity contribution in [3.05, 3.63) is 83.6 Å². The van der Waals surface area contributed by atoms with E-state index in [1.807, 2.05) is 24.3 Å². The number of hydrogen-bond acceptors (Lipinski definition) is 5. The average molecular weight is 380 g/mol. The fourth-order valence-electron chi connectivity index (χ4n) is 2.54. The summed E-state index contributed by atoms with van der Waals surface area (Å²) in [5.41, 5.74) is 2.21. The third-order valence-electron chi connectivity index (χ3n) is 4.13. The molecule has 2 N–H and O–H groups in total. The Hall–Kier alpha value is -3.48. The maximum Gasteiger partial charge on any atom is 0.271 e. The maximum absolute atomic E-state index is 12.9. The molecule has 0 spiro atoms. The van der Waals surface area contributed by atoms with Crippen LogP contribution in [0.4, 0.5) is 10.2 Å². The monoisotopic (exact) mass is 380 g/mol. The van der Waals surface area contributed by atoms with Gasteiger partial charge in [-0.3, -0.25) is 4.79 Å². The SMILES string of the molecule is COc1ccc(CCNc2cnc(C(=O)NCc3ccc(F)cc3)cn2)cc1. The molecule has 0 fully saturated rings. The first-order valence-electron chi connectivity index (χ1n) is 8.85. The summed E-state index contributed by atoms with van der Waals surface area (Å²) < 4.78 is 18.0. The number of nitrogens with one attached hydrogen (secondary N) is 2. The molecule has 3 rings (SSSR count). The van der Waals surface area contributed by atoms with E-state index < -0.39 is 0 Å². The first-order chi connectivity index (χ1) is 13.6. The van der Waals surface area contributed by atoms with E-state index in [9.17, 15) is 9.18 Å². The van der Waals surface area contributed by atoms with Crippen molar-refractivity contribution < 1.29 is 13.9 Å². The second-order valence-electron chi connectivity index (χ2n) is 6.12. The third-order valence-corrected chi connectivity index (χ3v) is 4.13. The lowest BCUT2D eigenvalue weighted by molar-refractivity contribution is 0.0945. The van der Waals surface area contributed by atoms with Gasteiger partial charge in [0.25, 0.3) is 5.91 Å². The van der Waals surface area contributed by atoms with Gasteiger partial charge in [-0.15, -0.1) is 0 Å². The summed E-state index contributed by atoms with van der Waals surface area (Å²) in [5.74, 6) is 0.789. The summed E-state index contributed by atoms with van der Waals surface area (Å²) in [4.78, 5) is 20.5. The van der Waals surface area contributed by atoms with Crippen molar-refractivity contribution in [1.82, 2.24) is 15.3 Å². The number of ether oxygens (including phenoxy) is 1. The van der Waals surface area contributed by atoms with E-state index in [0.29, 0.717) is 18.9 Å². The van der Waals surface area contributed by atoms with Crippen molar-refractivity contribution in [2.45, 2.75) is 13.0 Å². The molecule has 0 atom stereocenters. The Kier molecular flexibility index (Phi) is 6.51. The van der Waals surface area contributed by atoms with E-state index in [-0.39, 0.29) is 17.4 Å². The highest BCUT2D eigenvalue weighted by molar-refractivity contribution is 5.91. The topological polar surface area (TPSA) is 76.1 Å². The second kappa shape index (κ2) is 9.45. The summed E-state index contributed by atoms with van der Waals surface area (Å²) >= 11 is 0. The fraction of sp³-hybridized carbons (Fsp3) is 0.190. The molecular weight excluding hydrogens is 359 g/mol. The first kappa shape index (κ1) is 19.3. The lowest BCUT2D eigenvalue weighted by Crippen LogP contribution is -2.24. The fourth-order valence-corrected chi connectivity index (χ4v) is 2.54. The highest BCUT2D eigenvalue weighted by Crippen LogP contribution is 2.12. The van der Waals surface area contributed by atoms with Crippen molar-refractivity contribution >= 4 is 11.7 Å². The molecule has 0 aliphatic heterocycles. The molecule has 0 saturated carbocycles. The number of aromatic nitrogens is 2. The lowest BCUT2D eigenvalue weighted by Gasteiger charge is -2.08. The van der Waals surface area contributed by atoms with Crippen LogP contribution in [-0.2, 0) is 13.0 Å². The Balaban J connectivity index is 1.45. The predicted molar refractivity (Wildman–Crippen MR) is 105 cm³/mol. The Morgan fingerprint density at radius 2 is 1.71 bits per heavy atom. The number of halogens is 1. The maximum atomic E-state index is 12.9. The Morgan fingerprint density at radius 3 is 2.36 bits per heavy atom. The number of benzene rings is 2. The number of hydrogen-bond donors (Lipinski definition) is 2. The zero-order valence-electron chi connectivity index (χ0n) is 15.5. The molecule has 0 radical (unpaired) electrons. The molecule has 1 aromatic heterocycles. The van der Waals surface area contributed by atoms with Crippen LogP contribution in [0.3, 0.4) is 0 Å². The van der Waals surface area contributed by atoms with Gasteiger partial charge < -0.3 is 15.4 Å². The minimum atomic E-state index is -0.332. The van der Waals surface area contributed by atoms with E-state index in [1.54, 1.807) is 19.2 Å². The van der Waals surface area contributed by atoms with Gasteiger partial charge in [-0.2, -0.15) is 0 Å². The first-order valence-corrected chi connectivity index (χ1v) is 8.85. The zero-order chi connectivity index (χ0) is 19.8. The number of anilines is 1. The summed E-state index contributed by atoms with van der Waals surface area (Å²) in [7, 11) is 1.64. The molecule has 1 amide bonds. The van der Waals surface area contributed by atoms with E-state index in [4.69, 9.17) is 4.74 Å². The lowest BCUT2D eigenvalue weighted by atomic mass is 10.1. The molecule has 0 saturated heterocycles. The van der Waals surface area contributed by atoms with Crippen LogP contribution in [0.5, 0.6) is 5.75 Å². The van der Waals surface area contributed by atoms with Gasteiger partial charge >= 0.3 is 0 Å². The van der Waals surface area contributed by atoms with Crippen LogP contribution in [0.2, 0.25) is 0 Å². The third kappa shape index (κ3) is 5.51. The Bertz CT molecular complexity index is 897. The molecular formula is C21H21FN4O2. The van der Waals surface area contributed by atoms with Gasteiger partial charge in [-0.05, 0) is 41.8 Å². The number of methoxy groups -OCH3 is 1. The molecule has 6 nitrogen and oxygen atoms in total. The molecule has 7 heteroatoms. The van der Waals surface area contributed by atoms with Gasteiger partial charge in [-0.25, -0.2) is 14.4 Å². The van der Waals surface area contributed by atoms with Crippen LogP contribution in [0, 0.1) is 5.82 Å². The summed E-state index contributed by atoms with van der Waals surface area (Å²) in [6.45, 7) is 0.986. The number of carbonyl (C=O) groups is 1.